The Balaban J connectivity index is 1.88. The molecule has 7 heteroatoms. The first-order valence-electron chi connectivity index (χ1n) is 5.70. The number of carbonyl (C=O) groups excluding carboxylic acids is 1. The summed E-state index contributed by atoms with van der Waals surface area (Å²) in [6.45, 7) is -0.384. The molecule has 0 aliphatic carbocycles. The molecule has 1 aromatic carbocycles. The first-order chi connectivity index (χ1) is 8.87. The number of nitrogens with one attached hydrogen (secondary N) is 2. The molecule has 1 fully saturated rings. The minimum atomic E-state index is -2.84. The van der Waals surface area contributed by atoms with Crippen molar-refractivity contribution < 1.29 is 18.0 Å². The number of amides is 1. The average Bonchev–Trinajstić information content (AvgIpc) is 2.71. The molecule has 0 saturated carbocycles. The Hall–Kier alpha value is -1.08. The smallest absolute Gasteiger partial charge is 0.262 e. The fourth-order valence-corrected chi connectivity index (χ4v) is 2.11. The number of carbonyl (C=O) groups is 1. The maximum Gasteiger partial charge on any atom is 0.262 e. The minimum Gasteiger partial charge on any atom is -0.351 e. The fraction of sp³-hybridized carbons (Fsp3) is 0.417. The Labute approximate surface area is 116 Å². The molecular formula is C12H12BrF3N2O. The van der Waals surface area contributed by atoms with Gasteiger partial charge in [0.2, 0.25) is 5.91 Å². The number of rotatable bonds is 3. The van der Waals surface area contributed by atoms with E-state index in [1.807, 2.05) is 0 Å². The number of halogens is 4. The molecule has 1 aliphatic heterocycles. The summed E-state index contributed by atoms with van der Waals surface area (Å²) in [5.41, 5.74) is 0.568. The summed E-state index contributed by atoms with van der Waals surface area (Å²) in [4.78, 5) is 11.6. The Kier molecular flexibility index (Phi) is 4.15. The quantitative estimate of drug-likeness (QED) is 0.888. The maximum atomic E-state index is 13.2. The highest BCUT2D eigenvalue weighted by molar-refractivity contribution is 9.10. The van der Waals surface area contributed by atoms with Gasteiger partial charge in [0.1, 0.15) is 5.82 Å². The van der Waals surface area contributed by atoms with Crippen LogP contribution < -0.4 is 10.6 Å². The van der Waals surface area contributed by atoms with Crippen LogP contribution in [0.25, 0.3) is 0 Å². The van der Waals surface area contributed by atoms with Crippen LogP contribution in [0.1, 0.15) is 12.0 Å². The van der Waals surface area contributed by atoms with Crippen molar-refractivity contribution in [1.82, 2.24) is 10.6 Å². The number of hydrogen-bond acceptors (Lipinski definition) is 2. The second kappa shape index (κ2) is 5.50. The van der Waals surface area contributed by atoms with Crippen LogP contribution in [-0.2, 0) is 11.3 Å². The van der Waals surface area contributed by atoms with Gasteiger partial charge in [-0.05, 0) is 33.6 Å². The summed E-state index contributed by atoms with van der Waals surface area (Å²) in [5, 5.41) is 4.97. The van der Waals surface area contributed by atoms with Crippen molar-refractivity contribution in [2.45, 2.75) is 24.9 Å². The third-order valence-electron chi connectivity index (χ3n) is 2.88. The van der Waals surface area contributed by atoms with Gasteiger partial charge >= 0.3 is 0 Å². The predicted molar refractivity (Wildman–Crippen MR) is 67.3 cm³/mol. The van der Waals surface area contributed by atoms with Crippen molar-refractivity contribution in [3.63, 3.8) is 0 Å². The van der Waals surface area contributed by atoms with Gasteiger partial charge in [0.15, 0.2) is 0 Å². The van der Waals surface area contributed by atoms with Gasteiger partial charge < -0.3 is 5.32 Å². The zero-order chi connectivity index (χ0) is 14.0. The van der Waals surface area contributed by atoms with E-state index in [1.54, 1.807) is 6.07 Å². The van der Waals surface area contributed by atoms with E-state index in [2.05, 4.69) is 26.6 Å². The van der Waals surface area contributed by atoms with E-state index in [0.717, 1.165) is 0 Å². The van der Waals surface area contributed by atoms with Gasteiger partial charge in [-0.3, -0.25) is 10.1 Å². The van der Waals surface area contributed by atoms with Crippen molar-refractivity contribution in [3.8, 4) is 0 Å². The van der Waals surface area contributed by atoms with Crippen LogP contribution in [0.3, 0.4) is 0 Å². The zero-order valence-electron chi connectivity index (χ0n) is 9.85. The van der Waals surface area contributed by atoms with Crippen LogP contribution in [0.15, 0.2) is 22.7 Å². The molecule has 1 aliphatic rings. The summed E-state index contributed by atoms with van der Waals surface area (Å²) < 4.78 is 39.4. The van der Waals surface area contributed by atoms with Gasteiger partial charge in [-0.1, -0.05) is 6.07 Å². The normalized spacial score (nSPS) is 21.4. The molecule has 0 aromatic heterocycles. The van der Waals surface area contributed by atoms with Gasteiger partial charge in [-0.15, -0.1) is 0 Å². The maximum absolute atomic E-state index is 13.2. The lowest BCUT2D eigenvalue weighted by Crippen LogP contribution is -2.40. The molecule has 1 heterocycles. The monoisotopic (exact) mass is 336 g/mol. The highest BCUT2D eigenvalue weighted by atomic mass is 79.9. The van der Waals surface area contributed by atoms with Crippen LogP contribution in [0.2, 0.25) is 0 Å². The molecule has 3 nitrogen and oxygen atoms in total. The Morgan fingerprint density at radius 2 is 2.26 bits per heavy atom. The van der Waals surface area contributed by atoms with Crippen LogP contribution in [0.4, 0.5) is 13.2 Å². The lowest BCUT2D eigenvalue weighted by molar-refractivity contribution is -0.123. The van der Waals surface area contributed by atoms with E-state index in [-0.39, 0.29) is 6.54 Å². The molecule has 1 amide bonds. The Bertz CT molecular complexity index is 496. The highest BCUT2D eigenvalue weighted by Crippen LogP contribution is 2.25. The SMILES string of the molecule is O=C(NCc1ccc(Br)c(F)c1)C1CC(F)(F)CN1. The molecule has 1 unspecified atom stereocenters. The van der Waals surface area contributed by atoms with Crippen molar-refractivity contribution in [2.24, 2.45) is 0 Å². The molecule has 19 heavy (non-hydrogen) atoms. The standard InChI is InChI=1S/C12H12BrF3N2O/c13-8-2-1-7(3-9(8)14)5-17-11(19)10-4-12(15,16)6-18-10/h1-3,10,18H,4-6H2,(H,17,19). The lowest BCUT2D eigenvalue weighted by Gasteiger charge is -2.11. The van der Waals surface area contributed by atoms with Crippen molar-refractivity contribution in [1.29, 1.82) is 0 Å². The van der Waals surface area contributed by atoms with E-state index in [1.165, 1.54) is 12.1 Å². The summed E-state index contributed by atoms with van der Waals surface area (Å²) in [6, 6.07) is 3.56. The van der Waals surface area contributed by atoms with Gasteiger partial charge in [0.25, 0.3) is 5.92 Å². The van der Waals surface area contributed by atoms with Crippen LogP contribution in [0.5, 0.6) is 0 Å². The van der Waals surface area contributed by atoms with Crippen LogP contribution in [-0.4, -0.2) is 24.4 Å². The van der Waals surface area contributed by atoms with Gasteiger partial charge in [-0.25, -0.2) is 13.2 Å². The molecule has 0 radical (unpaired) electrons. The summed E-state index contributed by atoms with van der Waals surface area (Å²) in [7, 11) is 0. The topological polar surface area (TPSA) is 41.1 Å². The van der Waals surface area contributed by atoms with Crippen molar-refractivity contribution in [2.75, 3.05) is 6.54 Å². The first kappa shape index (κ1) is 14.3. The van der Waals surface area contributed by atoms with E-state index in [9.17, 15) is 18.0 Å². The number of alkyl halides is 2. The van der Waals surface area contributed by atoms with E-state index in [4.69, 9.17) is 0 Å². The predicted octanol–water partition coefficient (Wildman–Crippen LogP) is 2.20. The summed E-state index contributed by atoms with van der Waals surface area (Å²) in [6.07, 6.45) is -0.506. The molecular weight excluding hydrogens is 325 g/mol. The van der Waals surface area contributed by atoms with E-state index < -0.39 is 36.7 Å². The first-order valence-corrected chi connectivity index (χ1v) is 6.49. The molecule has 0 bridgehead atoms. The Morgan fingerprint density at radius 1 is 1.53 bits per heavy atom. The fourth-order valence-electron chi connectivity index (χ4n) is 1.86. The average molecular weight is 337 g/mol. The van der Waals surface area contributed by atoms with Gasteiger partial charge in [0, 0.05) is 13.0 Å². The largest absolute Gasteiger partial charge is 0.351 e. The second-order valence-electron chi connectivity index (χ2n) is 4.46. The summed E-state index contributed by atoms with van der Waals surface area (Å²) >= 11 is 3.02. The molecule has 1 atom stereocenters. The highest BCUT2D eigenvalue weighted by Gasteiger charge is 2.42. The minimum absolute atomic E-state index is 0.104. The second-order valence-corrected chi connectivity index (χ2v) is 5.31. The van der Waals surface area contributed by atoms with E-state index in [0.29, 0.717) is 10.0 Å². The van der Waals surface area contributed by atoms with Crippen LogP contribution >= 0.6 is 15.9 Å². The van der Waals surface area contributed by atoms with Gasteiger partial charge in [0.05, 0.1) is 17.1 Å². The Morgan fingerprint density at radius 3 is 2.84 bits per heavy atom. The molecule has 1 aromatic rings. The van der Waals surface area contributed by atoms with Gasteiger partial charge in [-0.2, -0.15) is 0 Å². The van der Waals surface area contributed by atoms with E-state index >= 15 is 0 Å². The third-order valence-corrected chi connectivity index (χ3v) is 3.52. The molecule has 2 rings (SSSR count). The van der Waals surface area contributed by atoms with Crippen molar-refractivity contribution in [3.05, 3.63) is 34.1 Å². The number of hydrogen-bond donors (Lipinski definition) is 2. The number of benzene rings is 1. The molecule has 104 valence electrons. The lowest BCUT2D eigenvalue weighted by atomic mass is 10.1. The molecule has 0 spiro atoms. The van der Waals surface area contributed by atoms with Crippen molar-refractivity contribution >= 4 is 21.8 Å². The summed E-state index contributed by atoms with van der Waals surface area (Å²) in [5.74, 6) is -3.77. The zero-order valence-corrected chi connectivity index (χ0v) is 11.4. The molecule has 2 N–H and O–H groups in total. The van der Waals surface area contributed by atoms with Crippen LogP contribution in [0, 0.1) is 5.82 Å². The molecule has 1 saturated heterocycles. The third kappa shape index (κ3) is 3.70.